The van der Waals surface area contributed by atoms with Crippen LogP contribution in [-0.4, -0.2) is 18.7 Å². The zero-order chi connectivity index (χ0) is 10.1. The first-order valence-corrected chi connectivity index (χ1v) is 4.47. The molecular weight excluding hydrogens is 186 g/mol. The number of ether oxygens (including phenoxy) is 1. The van der Waals surface area contributed by atoms with Crippen molar-refractivity contribution in [2.45, 2.75) is 13.5 Å². The molecule has 0 amide bonds. The van der Waals surface area contributed by atoms with Crippen molar-refractivity contribution in [3.63, 3.8) is 0 Å². The first-order valence-electron chi connectivity index (χ1n) is 4.47. The lowest BCUT2D eigenvalue weighted by molar-refractivity contribution is 0.272. The molecule has 1 aromatic rings. The fourth-order valence-electron chi connectivity index (χ4n) is 1.56. The molecule has 0 radical (unpaired) electrons. The number of rotatable bonds is 2. The molecule has 0 spiro atoms. The van der Waals surface area contributed by atoms with Crippen molar-refractivity contribution in [2.24, 2.45) is 0 Å². The second-order valence-corrected chi connectivity index (χ2v) is 3.03. The van der Waals surface area contributed by atoms with Crippen molar-refractivity contribution in [3.8, 4) is 5.75 Å². The average Bonchev–Trinajstić information content (AvgIpc) is 2.55. The Morgan fingerprint density at radius 3 is 3.14 bits per heavy atom. The van der Waals surface area contributed by atoms with Gasteiger partial charge in [0.1, 0.15) is 11.6 Å². The summed E-state index contributed by atoms with van der Waals surface area (Å²) in [6.45, 7) is 2.41. The molecule has 74 valence electrons. The Bertz CT molecular complexity index is 356. The number of fused-ring (bicyclic) bond motifs is 1. The second-order valence-electron chi connectivity index (χ2n) is 3.03. The Kier molecular flexibility index (Phi) is 2.43. The minimum Gasteiger partial charge on any atom is -0.494 e. The Labute approximate surface area is 81.6 Å². The minimum atomic E-state index is -1.07. The monoisotopic (exact) mass is 196 g/mol. The van der Waals surface area contributed by atoms with E-state index in [4.69, 9.17) is 9.39 Å². The largest absolute Gasteiger partial charge is 0.495 e. The fraction of sp³-hybridized carbons (Fsp3) is 0.333. The first kappa shape index (κ1) is 9.49. The summed E-state index contributed by atoms with van der Waals surface area (Å²) in [5.74, 6) is 0.133. The van der Waals surface area contributed by atoms with Crippen LogP contribution in [0.2, 0.25) is 0 Å². The second kappa shape index (κ2) is 3.59. The predicted octanol–water partition coefficient (Wildman–Crippen LogP) is 0.442. The lowest BCUT2D eigenvalue weighted by atomic mass is 9.78. The van der Waals surface area contributed by atoms with Crippen LogP contribution in [0.4, 0.5) is 4.39 Å². The van der Waals surface area contributed by atoms with Crippen molar-refractivity contribution in [1.29, 1.82) is 0 Å². The third-order valence-corrected chi connectivity index (χ3v) is 2.19. The third kappa shape index (κ3) is 1.38. The summed E-state index contributed by atoms with van der Waals surface area (Å²) in [6.07, 6.45) is 0. The first-order chi connectivity index (χ1) is 6.74. The van der Waals surface area contributed by atoms with Crippen LogP contribution in [0.1, 0.15) is 12.5 Å². The van der Waals surface area contributed by atoms with Gasteiger partial charge in [0.2, 0.25) is 0 Å². The van der Waals surface area contributed by atoms with E-state index in [1.165, 1.54) is 12.1 Å². The lowest BCUT2D eigenvalue weighted by Gasteiger charge is -2.08. The van der Waals surface area contributed by atoms with Crippen molar-refractivity contribution < 1.29 is 18.8 Å². The highest BCUT2D eigenvalue weighted by Gasteiger charge is 2.33. The minimum absolute atomic E-state index is 0.100. The van der Waals surface area contributed by atoms with Gasteiger partial charge in [-0.3, -0.25) is 0 Å². The molecule has 1 aromatic carbocycles. The van der Waals surface area contributed by atoms with Gasteiger partial charge in [0.05, 0.1) is 13.2 Å². The van der Waals surface area contributed by atoms with E-state index in [1.807, 2.05) is 6.92 Å². The molecule has 3 nitrogen and oxygen atoms in total. The molecule has 14 heavy (non-hydrogen) atoms. The van der Waals surface area contributed by atoms with E-state index in [-0.39, 0.29) is 12.4 Å². The molecular formula is C9H10BFO3. The molecule has 1 aliphatic heterocycles. The van der Waals surface area contributed by atoms with Crippen LogP contribution < -0.4 is 10.2 Å². The standard InChI is InChI=1S/C9H10BFO3/c1-2-13-8-4-3-7(11)6-5-14-10(12)9(6)8/h3-4,12H,2,5H2,1H3. The van der Waals surface area contributed by atoms with Crippen LogP contribution in [0.3, 0.4) is 0 Å². The predicted molar refractivity (Wildman–Crippen MR) is 50.0 cm³/mol. The van der Waals surface area contributed by atoms with Crippen LogP contribution in [0.15, 0.2) is 12.1 Å². The van der Waals surface area contributed by atoms with Gasteiger partial charge in [-0.2, -0.15) is 0 Å². The highest BCUT2D eigenvalue weighted by atomic mass is 19.1. The Morgan fingerprint density at radius 1 is 1.64 bits per heavy atom. The zero-order valence-corrected chi connectivity index (χ0v) is 7.79. The molecule has 2 rings (SSSR count). The van der Waals surface area contributed by atoms with E-state index < -0.39 is 7.12 Å². The van der Waals surface area contributed by atoms with E-state index in [1.54, 1.807) is 0 Å². The maximum atomic E-state index is 13.2. The van der Waals surface area contributed by atoms with Crippen molar-refractivity contribution in [2.75, 3.05) is 6.61 Å². The van der Waals surface area contributed by atoms with Crippen molar-refractivity contribution in [1.82, 2.24) is 0 Å². The molecule has 0 fully saturated rings. The van der Waals surface area contributed by atoms with Gasteiger partial charge in [-0.15, -0.1) is 0 Å². The summed E-state index contributed by atoms with van der Waals surface area (Å²) < 4.78 is 23.4. The highest BCUT2D eigenvalue weighted by Crippen LogP contribution is 2.21. The van der Waals surface area contributed by atoms with Crippen molar-refractivity contribution in [3.05, 3.63) is 23.5 Å². The molecule has 0 saturated heterocycles. The molecule has 0 saturated carbocycles. The summed E-state index contributed by atoms with van der Waals surface area (Å²) in [5.41, 5.74) is 0.815. The third-order valence-electron chi connectivity index (χ3n) is 2.19. The number of hydrogen-bond donors (Lipinski definition) is 1. The van der Waals surface area contributed by atoms with Gasteiger partial charge in [-0.25, -0.2) is 4.39 Å². The van der Waals surface area contributed by atoms with Gasteiger partial charge in [-0.05, 0) is 19.1 Å². The topological polar surface area (TPSA) is 38.7 Å². The van der Waals surface area contributed by atoms with E-state index in [2.05, 4.69) is 0 Å². The molecule has 0 bridgehead atoms. The van der Waals surface area contributed by atoms with Gasteiger partial charge >= 0.3 is 7.12 Å². The summed E-state index contributed by atoms with van der Waals surface area (Å²) in [7, 11) is -1.07. The van der Waals surface area contributed by atoms with Crippen LogP contribution in [0.5, 0.6) is 5.75 Å². The molecule has 5 heteroatoms. The normalized spacial score (nSPS) is 14.4. The average molecular weight is 196 g/mol. The molecule has 0 aromatic heterocycles. The van der Waals surface area contributed by atoms with Crippen LogP contribution >= 0.6 is 0 Å². The molecule has 0 unspecified atom stereocenters. The van der Waals surface area contributed by atoms with Crippen LogP contribution in [0, 0.1) is 5.82 Å². The fourth-order valence-corrected chi connectivity index (χ4v) is 1.56. The molecule has 1 aliphatic rings. The molecule has 1 N–H and O–H groups in total. The van der Waals surface area contributed by atoms with Gasteiger partial charge in [0.15, 0.2) is 0 Å². The van der Waals surface area contributed by atoms with Gasteiger partial charge in [0.25, 0.3) is 0 Å². The molecule has 0 atom stereocenters. The smallest absolute Gasteiger partial charge is 0.494 e. The summed E-state index contributed by atoms with van der Waals surface area (Å²) in [5, 5.41) is 9.44. The summed E-state index contributed by atoms with van der Waals surface area (Å²) in [6, 6.07) is 2.83. The van der Waals surface area contributed by atoms with E-state index in [9.17, 15) is 9.41 Å². The summed E-state index contributed by atoms with van der Waals surface area (Å²) in [4.78, 5) is 0. The zero-order valence-electron chi connectivity index (χ0n) is 7.79. The van der Waals surface area contributed by atoms with E-state index in [0.29, 0.717) is 23.4 Å². The Balaban J connectivity index is 2.49. The maximum Gasteiger partial charge on any atom is 0.495 e. The maximum absolute atomic E-state index is 13.2. The highest BCUT2D eigenvalue weighted by molar-refractivity contribution is 6.62. The molecule has 0 aliphatic carbocycles. The van der Waals surface area contributed by atoms with Crippen molar-refractivity contribution >= 4 is 12.6 Å². The van der Waals surface area contributed by atoms with Gasteiger partial charge < -0.3 is 14.4 Å². The van der Waals surface area contributed by atoms with Crippen LogP contribution in [0.25, 0.3) is 0 Å². The van der Waals surface area contributed by atoms with E-state index >= 15 is 0 Å². The van der Waals surface area contributed by atoms with Gasteiger partial charge in [0, 0.05) is 11.0 Å². The quantitative estimate of drug-likeness (QED) is 0.697. The van der Waals surface area contributed by atoms with E-state index in [0.717, 1.165) is 0 Å². The summed E-state index contributed by atoms with van der Waals surface area (Å²) >= 11 is 0. The lowest BCUT2D eigenvalue weighted by Crippen LogP contribution is -2.30. The number of halogens is 1. The Hall–Kier alpha value is -1.07. The van der Waals surface area contributed by atoms with Gasteiger partial charge in [-0.1, -0.05) is 0 Å². The van der Waals surface area contributed by atoms with Crippen LogP contribution in [-0.2, 0) is 11.3 Å². The Morgan fingerprint density at radius 2 is 2.43 bits per heavy atom. The number of hydrogen-bond acceptors (Lipinski definition) is 3. The SMILES string of the molecule is CCOc1ccc(F)c2c1B(O)OC2. The number of benzene rings is 1. The molecule has 1 heterocycles.